The summed E-state index contributed by atoms with van der Waals surface area (Å²) in [4.78, 5) is 4.01. The summed E-state index contributed by atoms with van der Waals surface area (Å²) in [5, 5.41) is 3.90. The van der Waals surface area contributed by atoms with Crippen LogP contribution in [0.4, 0.5) is 11.4 Å². The van der Waals surface area contributed by atoms with E-state index < -0.39 is 0 Å². The highest BCUT2D eigenvalue weighted by Gasteiger charge is 2.15. The van der Waals surface area contributed by atoms with Gasteiger partial charge in [0.05, 0.1) is 22.6 Å². The molecule has 76 valence electrons. The Morgan fingerprint density at radius 3 is 2.79 bits per heavy atom. The minimum Gasteiger partial charge on any atom is -0.396 e. The average molecular weight is 212 g/mol. The molecule has 4 heteroatoms. The Hall–Kier alpha value is -0.960. The number of nitrogen functional groups attached to an aromatic ring is 1. The second kappa shape index (κ2) is 4.05. The van der Waals surface area contributed by atoms with Crippen LogP contribution in [-0.2, 0) is 0 Å². The van der Waals surface area contributed by atoms with Crippen molar-refractivity contribution < 1.29 is 0 Å². The van der Waals surface area contributed by atoms with Gasteiger partial charge in [-0.15, -0.1) is 0 Å². The first-order valence-corrected chi connectivity index (χ1v) is 5.30. The first kappa shape index (κ1) is 9.59. The lowest BCUT2D eigenvalue weighted by molar-refractivity contribution is 0.755. The Morgan fingerprint density at radius 2 is 2.07 bits per heavy atom. The fourth-order valence-electron chi connectivity index (χ4n) is 1.85. The zero-order valence-corrected chi connectivity index (χ0v) is 8.72. The summed E-state index contributed by atoms with van der Waals surface area (Å²) in [7, 11) is 0. The first-order valence-electron chi connectivity index (χ1n) is 4.93. The molecule has 0 unspecified atom stereocenters. The van der Waals surface area contributed by atoms with Crippen LogP contribution in [0.2, 0.25) is 5.02 Å². The number of hydrogen-bond donors (Lipinski definition) is 2. The minimum atomic E-state index is 0.521. The Balaban J connectivity index is 2.11. The molecule has 1 fully saturated rings. The highest BCUT2D eigenvalue weighted by molar-refractivity contribution is 6.33. The van der Waals surface area contributed by atoms with Crippen molar-refractivity contribution in [1.82, 2.24) is 4.98 Å². The van der Waals surface area contributed by atoms with Crippen LogP contribution in [0, 0.1) is 0 Å². The maximum atomic E-state index is 5.87. The smallest absolute Gasteiger partial charge is 0.0839 e. The summed E-state index contributed by atoms with van der Waals surface area (Å²) in [6, 6.07) is 0.539. The van der Waals surface area contributed by atoms with E-state index in [9.17, 15) is 0 Å². The number of nitrogens with two attached hydrogens (primary N) is 1. The van der Waals surface area contributed by atoms with Gasteiger partial charge in [0.15, 0.2) is 0 Å². The van der Waals surface area contributed by atoms with Crippen molar-refractivity contribution in [3.05, 3.63) is 17.4 Å². The van der Waals surface area contributed by atoms with Gasteiger partial charge in [-0.1, -0.05) is 24.4 Å². The monoisotopic (exact) mass is 211 g/mol. The summed E-state index contributed by atoms with van der Waals surface area (Å²) in [6.07, 6.45) is 8.32. The van der Waals surface area contributed by atoms with Crippen LogP contribution < -0.4 is 11.1 Å². The predicted octanol–water partition coefficient (Wildman–Crippen LogP) is 2.67. The fourth-order valence-corrected chi connectivity index (χ4v) is 2.01. The second-order valence-corrected chi connectivity index (χ2v) is 4.12. The van der Waals surface area contributed by atoms with Crippen LogP contribution in [0.3, 0.4) is 0 Å². The van der Waals surface area contributed by atoms with Gasteiger partial charge in [-0.25, -0.2) is 0 Å². The standard InChI is InChI=1S/C10H14ClN3/c11-8-5-13-6-9(10(8)12)14-7-3-1-2-4-7/h5-7,14H,1-4H2,(H2,12,13). The van der Waals surface area contributed by atoms with Crippen LogP contribution in [0.25, 0.3) is 0 Å². The zero-order chi connectivity index (χ0) is 9.97. The number of halogens is 1. The van der Waals surface area contributed by atoms with Crippen molar-refractivity contribution in [2.75, 3.05) is 11.1 Å². The van der Waals surface area contributed by atoms with Crippen molar-refractivity contribution >= 4 is 23.0 Å². The summed E-state index contributed by atoms with van der Waals surface area (Å²) in [6.45, 7) is 0. The molecular formula is C10H14ClN3. The van der Waals surface area contributed by atoms with Gasteiger partial charge >= 0.3 is 0 Å². The number of rotatable bonds is 2. The molecule has 0 amide bonds. The topological polar surface area (TPSA) is 50.9 Å². The van der Waals surface area contributed by atoms with E-state index in [-0.39, 0.29) is 0 Å². The molecule has 3 N–H and O–H groups in total. The van der Waals surface area contributed by atoms with Crippen LogP contribution in [0.5, 0.6) is 0 Å². The highest BCUT2D eigenvalue weighted by Crippen LogP contribution is 2.29. The molecule has 0 aromatic carbocycles. The van der Waals surface area contributed by atoms with E-state index in [2.05, 4.69) is 10.3 Å². The maximum absolute atomic E-state index is 5.87. The molecule has 1 aliphatic rings. The normalized spacial score (nSPS) is 17.2. The molecule has 1 saturated carbocycles. The molecule has 1 aliphatic carbocycles. The van der Waals surface area contributed by atoms with Crippen molar-refractivity contribution in [3.8, 4) is 0 Å². The minimum absolute atomic E-state index is 0.521. The van der Waals surface area contributed by atoms with Crippen molar-refractivity contribution in [3.63, 3.8) is 0 Å². The van der Waals surface area contributed by atoms with E-state index in [1.807, 2.05) is 0 Å². The Kier molecular flexibility index (Phi) is 2.77. The molecule has 1 aromatic rings. The van der Waals surface area contributed by atoms with E-state index in [0.717, 1.165) is 5.69 Å². The van der Waals surface area contributed by atoms with Crippen LogP contribution in [0.1, 0.15) is 25.7 Å². The van der Waals surface area contributed by atoms with Gasteiger partial charge in [0.1, 0.15) is 0 Å². The van der Waals surface area contributed by atoms with E-state index in [4.69, 9.17) is 17.3 Å². The van der Waals surface area contributed by atoms with Crippen molar-refractivity contribution in [2.24, 2.45) is 0 Å². The molecule has 3 nitrogen and oxygen atoms in total. The number of nitrogens with one attached hydrogen (secondary N) is 1. The Morgan fingerprint density at radius 1 is 1.36 bits per heavy atom. The SMILES string of the molecule is Nc1c(Cl)cncc1NC1CCCC1. The molecular weight excluding hydrogens is 198 g/mol. The molecule has 0 aliphatic heterocycles. The van der Waals surface area contributed by atoms with Gasteiger partial charge in [-0.05, 0) is 12.8 Å². The maximum Gasteiger partial charge on any atom is 0.0839 e. The molecule has 0 spiro atoms. The van der Waals surface area contributed by atoms with E-state index in [1.165, 1.54) is 25.7 Å². The predicted molar refractivity (Wildman–Crippen MR) is 59.5 cm³/mol. The van der Waals surface area contributed by atoms with Gasteiger partial charge in [0.2, 0.25) is 0 Å². The molecule has 14 heavy (non-hydrogen) atoms. The van der Waals surface area contributed by atoms with E-state index >= 15 is 0 Å². The lowest BCUT2D eigenvalue weighted by Gasteiger charge is -2.15. The van der Waals surface area contributed by atoms with Gasteiger partial charge in [0.25, 0.3) is 0 Å². The summed E-state index contributed by atoms with van der Waals surface area (Å²) in [5.74, 6) is 0. The molecule has 0 saturated heterocycles. The molecule has 0 bridgehead atoms. The summed E-state index contributed by atoms with van der Waals surface area (Å²) < 4.78 is 0. The molecule has 0 radical (unpaired) electrons. The lowest BCUT2D eigenvalue weighted by atomic mass is 10.2. The van der Waals surface area contributed by atoms with Gasteiger partial charge < -0.3 is 11.1 Å². The Bertz CT molecular complexity index is 321. The molecule has 0 atom stereocenters. The second-order valence-electron chi connectivity index (χ2n) is 3.71. The Labute approximate surface area is 88.7 Å². The third-order valence-electron chi connectivity index (χ3n) is 2.65. The largest absolute Gasteiger partial charge is 0.396 e. The van der Waals surface area contributed by atoms with Gasteiger partial charge in [0, 0.05) is 12.2 Å². The lowest BCUT2D eigenvalue weighted by Crippen LogP contribution is -2.15. The first-order chi connectivity index (χ1) is 6.77. The third-order valence-corrected chi connectivity index (χ3v) is 2.95. The zero-order valence-electron chi connectivity index (χ0n) is 7.96. The number of pyridine rings is 1. The van der Waals surface area contributed by atoms with Gasteiger partial charge in [-0.3, -0.25) is 4.98 Å². The van der Waals surface area contributed by atoms with Crippen molar-refractivity contribution in [2.45, 2.75) is 31.7 Å². The van der Waals surface area contributed by atoms with Gasteiger partial charge in [-0.2, -0.15) is 0 Å². The van der Waals surface area contributed by atoms with Crippen molar-refractivity contribution in [1.29, 1.82) is 0 Å². The third kappa shape index (κ3) is 1.93. The molecule has 1 heterocycles. The molecule has 1 aromatic heterocycles. The number of anilines is 2. The average Bonchev–Trinajstić information content (AvgIpc) is 2.66. The van der Waals surface area contributed by atoms with Crippen LogP contribution in [-0.4, -0.2) is 11.0 Å². The van der Waals surface area contributed by atoms with E-state index in [0.29, 0.717) is 16.8 Å². The fraction of sp³-hybridized carbons (Fsp3) is 0.500. The van der Waals surface area contributed by atoms with Crippen LogP contribution in [0.15, 0.2) is 12.4 Å². The summed E-state index contributed by atoms with van der Waals surface area (Å²) >= 11 is 5.87. The quantitative estimate of drug-likeness (QED) is 0.791. The van der Waals surface area contributed by atoms with E-state index in [1.54, 1.807) is 12.4 Å². The highest BCUT2D eigenvalue weighted by atomic mass is 35.5. The number of hydrogen-bond acceptors (Lipinski definition) is 3. The summed E-state index contributed by atoms with van der Waals surface area (Å²) in [5.41, 5.74) is 7.30. The van der Waals surface area contributed by atoms with Crippen LogP contribution >= 0.6 is 11.6 Å². The number of aromatic nitrogens is 1. The molecule has 2 rings (SSSR count). The number of nitrogens with zero attached hydrogens (tertiary/aromatic N) is 1.